The summed E-state index contributed by atoms with van der Waals surface area (Å²) in [5.41, 5.74) is 2.83. The molecular formula is C15H21NO. The van der Waals surface area contributed by atoms with Crippen LogP contribution in [0.2, 0.25) is 0 Å². The normalized spacial score (nSPS) is 23.0. The fraction of sp³-hybridized carbons (Fsp3) is 0.600. The third-order valence-electron chi connectivity index (χ3n) is 3.67. The summed E-state index contributed by atoms with van der Waals surface area (Å²) in [5.74, 6) is 1.09. The fourth-order valence-electron chi connectivity index (χ4n) is 2.60. The zero-order chi connectivity index (χ0) is 11.7. The molecule has 3 rings (SSSR count). The molecule has 1 N–H and O–H groups in total. The summed E-state index contributed by atoms with van der Waals surface area (Å²) < 4.78 is 5.75. The molecule has 1 aliphatic carbocycles. The van der Waals surface area contributed by atoms with E-state index in [2.05, 4.69) is 30.4 Å². The topological polar surface area (TPSA) is 21.3 Å². The average molecular weight is 231 g/mol. The Bertz CT molecular complexity index is 398. The quantitative estimate of drug-likeness (QED) is 0.859. The van der Waals surface area contributed by atoms with Gasteiger partial charge in [-0.05, 0) is 30.9 Å². The fourth-order valence-corrected chi connectivity index (χ4v) is 2.60. The molecule has 1 heterocycles. The lowest BCUT2D eigenvalue weighted by Gasteiger charge is -2.27. The maximum Gasteiger partial charge on any atom is 0.124 e. The van der Waals surface area contributed by atoms with Crippen LogP contribution in [0, 0.1) is 0 Å². The first-order valence-electron chi connectivity index (χ1n) is 6.88. The van der Waals surface area contributed by atoms with Gasteiger partial charge in [0.2, 0.25) is 0 Å². The number of hydrogen-bond acceptors (Lipinski definition) is 2. The second-order valence-electron chi connectivity index (χ2n) is 5.25. The zero-order valence-electron chi connectivity index (χ0n) is 10.5. The highest BCUT2D eigenvalue weighted by Crippen LogP contribution is 2.35. The van der Waals surface area contributed by atoms with Crippen LogP contribution in [0.1, 0.15) is 49.8 Å². The molecule has 0 aromatic heterocycles. The molecular weight excluding hydrogens is 210 g/mol. The Morgan fingerprint density at radius 2 is 2.18 bits per heavy atom. The van der Waals surface area contributed by atoms with Crippen LogP contribution in [0.4, 0.5) is 0 Å². The van der Waals surface area contributed by atoms with Gasteiger partial charge in [0.25, 0.3) is 0 Å². The van der Waals surface area contributed by atoms with Gasteiger partial charge in [0.05, 0.1) is 6.61 Å². The van der Waals surface area contributed by atoms with Crippen LogP contribution < -0.4 is 10.1 Å². The first-order valence-corrected chi connectivity index (χ1v) is 6.88. The second-order valence-corrected chi connectivity index (χ2v) is 5.25. The van der Waals surface area contributed by atoms with Crippen LogP contribution in [-0.4, -0.2) is 12.6 Å². The molecule has 2 heteroatoms. The molecule has 1 fully saturated rings. The minimum Gasteiger partial charge on any atom is -0.493 e. The van der Waals surface area contributed by atoms with Crippen molar-refractivity contribution in [3.63, 3.8) is 0 Å². The number of ether oxygens (including phenoxy) is 1. The first kappa shape index (κ1) is 11.1. The predicted molar refractivity (Wildman–Crippen MR) is 69.4 cm³/mol. The van der Waals surface area contributed by atoms with Gasteiger partial charge in [0, 0.05) is 24.1 Å². The molecule has 1 aromatic carbocycles. The van der Waals surface area contributed by atoms with E-state index in [1.807, 2.05) is 0 Å². The summed E-state index contributed by atoms with van der Waals surface area (Å²) in [4.78, 5) is 0. The molecule has 2 nitrogen and oxygen atoms in total. The van der Waals surface area contributed by atoms with Gasteiger partial charge in [-0.15, -0.1) is 0 Å². The SMILES string of the molecule is CCCc1ccc2c(c1)C(NC1CC1)CCO2. The van der Waals surface area contributed by atoms with E-state index in [4.69, 9.17) is 4.74 Å². The predicted octanol–water partition coefficient (Wildman–Crippen LogP) is 3.21. The van der Waals surface area contributed by atoms with Gasteiger partial charge >= 0.3 is 0 Å². The molecule has 1 unspecified atom stereocenters. The van der Waals surface area contributed by atoms with Crippen molar-refractivity contribution in [1.82, 2.24) is 5.32 Å². The van der Waals surface area contributed by atoms with Crippen LogP contribution in [0.15, 0.2) is 18.2 Å². The molecule has 1 atom stereocenters. The molecule has 92 valence electrons. The monoisotopic (exact) mass is 231 g/mol. The van der Waals surface area contributed by atoms with Crippen LogP contribution in [-0.2, 0) is 6.42 Å². The number of nitrogens with one attached hydrogen (secondary N) is 1. The Labute approximate surface area is 103 Å². The third-order valence-corrected chi connectivity index (χ3v) is 3.67. The highest BCUT2D eigenvalue weighted by Gasteiger charge is 2.28. The van der Waals surface area contributed by atoms with Crippen molar-refractivity contribution >= 4 is 0 Å². The first-order chi connectivity index (χ1) is 8.36. The van der Waals surface area contributed by atoms with Crippen molar-refractivity contribution in [1.29, 1.82) is 0 Å². The van der Waals surface area contributed by atoms with Crippen LogP contribution in [0.3, 0.4) is 0 Å². The molecule has 1 saturated carbocycles. The Balaban J connectivity index is 1.84. The minimum absolute atomic E-state index is 0.517. The lowest BCUT2D eigenvalue weighted by molar-refractivity contribution is 0.252. The van der Waals surface area contributed by atoms with Crippen molar-refractivity contribution in [3.8, 4) is 5.75 Å². The number of rotatable bonds is 4. The van der Waals surface area contributed by atoms with E-state index < -0.39 is 0 Å². The minimum atomic E-state index is 0.517. The van der Waals surface area contributed by atoms with Crippen molar-refractivity contribution in [3.05, 3.63) is 29.3 Å². The standard InChI is InChI=1S/C15H21NO/c1-2-3-11-4-7-15-13(10-11)14(8-9-17-15)16-12-5-6-12/h4,7,10,12,14,16H,2-3,5-6,8-9H2,1H3. The summed E-state index contributed by atoms with van der Waals surface area (Å²) in [6.07, 6.45) is 6.19. The van der Waals surface area contributed by atoms with Gasteiger partial charge in [-0.2, -0.15) is 0 Å². The molecule has 0 saturated heterocycles. The van der Waals surface area contributed by atoms with Gasteiger partial charge in [-0.3, -0.25) is 0 Å². The molecule has 0 bridgehead atoms. The van der Waals surface area contributed by atoms with Crippen molar-refractivity contribution in [2.75, 3.05) is 6.61 Å². The van der Waals surface area contributed by atoms with E-state index in [0.29, 0.717) is 6.04 Å². The van der Waals surface area contributed by atoms with E-state index in [1.165, 1.54) is 36.8 Å². The Morgan fingerprint density at radius 1 is 1.29 bits per heavy atom. The van der Waals surface area contributed by atoms with Crippen LogP contribution in [0.25, 0.3) is 0 Å². The summed E-state index contributed by atoms with van der Waals surface area (Å²) in [7, 11) is 0. The molecule has 2 aliphatic rings. The number of fused-ring (bicyclic) bond motifs is 1. The van der Waals surface area contributed by atoms with Crippen LogP contribution >= 0.6 is 0 Å². The maximum atomic E-state index is 5.75. The Hall–Kier alpha value is -1.02. The van der Waals surface area contributed by atoms with Gasteiger partial charge in [-0.25, -0.2) is 0 Å². The molecule has 1 aromatic rings. The molecule has 17 heavy (non-hydrogen) atoms. The molecule has 1 aliphatic heterocycles. The summed E-state index contributed by atoms with van der Waals surface area (Å²) in [6.45, 7) is 3.08. The van der Waals surface area contributed by atoms with Crippen molar-refractivity contribution in [2.45, 2.75) is 51.1 Å². The Kier molecular flexibility index (Phi) is 3.06. The lowest BCUT2D eigenvalue weighted by atomic mass is 9.97. The van der Waals surface area contributed by atoms with Gasteiger partial charge in [-0.1, -0.05) is 25.5 Å². The van der Waals surface area contributed by atoms with Crippen molar-refractivity contribution in [2.24, 2.45) is 0 Å². The lowest BCUT2D eigenvalue weighted by Crippen LogP contribution is -2.28. The van der Waals surface area contributed by atoms with E-state index in [0.717, 1.165) is 24.8 Å². The maximum absolute atomic E-state index is 5.75. The molecule has 0 radical (unpaired) electrons. The largest absolute Gasteiger partial charge is 0.493 e. The van der Waals surface area contributed by atoms with Crippen molar-refractivity contribution < 1.29 is 4.74 Å². The second kappa shape index (κ2) is 4.69. The molecule has 0 spiro atoms. The third kappa shape index (κ3) is 2.47. The smallest absolute Gasteiger partial charge is 0.124 e. The summed E-state index contributed by atoms with van der Waals surface area (Å²) in [6, 6.07) is 7.99. The van der Waals surface area contributed by atoms with Crippen LogP contribution in [0.5, 0.6) is 5.75 Å². The number of benzene rings is 1. The highest BCUT2D eigenvalue weighted by atomic mass is 16.5. The Morgan fingerprint density at radius 3 is 2.94 bits per heavy atom. The average Bonchev–Trinajstić information content (AvgIpc) is 3.14. The summed E-state index contributed by atoms with van der Waals surface area (Å²) in [5, 5.41) is 3.74. The van der Waals surface area contributed by atoms with Gasteiger partial charge in [0.15, 0.2) is 0 Å². The number of hydrogen-bond donors (Lipinski definition) is 1. The van der Waals surface area contributed by atoms with Gasteiger partial charge in [0.1, 0.15) is 5.75 Å². The zero-order valence-corrected chi connectivity index (χ0v) is 10.5. The number of aryl methyl sites for hydroxylation is 1. The van der Waals surface area contributed by atoms with E-state index in [9.17, 15) is 0 Å². The van der Waals surface area contributed by atoms with E-state index in [1.54, 1.807) is 0 Å². The summed E-state index contributed by atoms with van der Waals surface area (Å²) >= 11 is 0. The van der Waals surface area contributed by atoms with Gasteiger partial charge < -0.3 is 10.1 Å². The highest BCUT2D eigenvalue weighted by molar-refractivity contribution is 5.41. The van der Waals surface area contributed by atoms with E-state index >= 15 is 0 Å². The molecule has 0 amide bonds. The van der Waals surface area contributed by atoms with E-state index in [-0.39, 0.29) is 0 Å².